The Morgan fingerprint density at radius 1 is 1.31 bits per heavy atom. The van der Waals surface area contributed by atoms with Gasteiger partial charge >= 0.3 is 0 Å². The van der Waals surface area contributed by atoms with E-state index in [-0.39, 0.29) is 24.2 Å². The molecule has 1 saturated heterocycles. The maximum absolute atomic E-state index is 12.1. The topological polar surface area (TPSA) is 79.5 Å². The predicted octanol–water partition coefficient (Wildman–Crippen LogP) is 2.86. The van der Waals surface area contributed by atoms with Gasteiger partial charge in [-0.25, -0.2) is 0 Å². The van der Waals surface area contributed by atoms with Gasteiger partial charge in [0.1, 0.15) is 0 Å². The zero-order valence-corrected chi connectivity index (χ0v) is 16.5. The average Bonchev–Trinajstić information content (AvgIpc) is 2.61. The number of rotatable bonds is 8. The molecule has 1 aromatic rings. The number of piperidine rings is 1. The van der Waals surface area contributed by atoms with Crippen LogP contribution >= 0.6 is 24.0 Å². The largest absolute Gasteiger partial charge is 0.383 e. The molecule has 26 heavy (non-hydrogen) atoms. The van der Waals surface area contributed by atoms with Gasteiger partial charge < -0.3 is 20.7 Å². The van der Waals surface area contributed by atoms with Crippen LogP contribution in [0.2, 0.25) is 5.02 Å². The lowest BCUT2D eigenvalue weighted by Gasteiger charge is -2.22. The SMILES string of the molecule is COCCNC(=O)c1ccc(NC(=O)CCC2CCNCC2)cc1Cl.Cl. The number of carbonyl (C=O) groups is 2. The summed E-state index contributed by atoms with van der Waals surface area (Å²) in [4.78, 5) is 24.1. The molecule has 0 unspecified atom stereocenters. The Hall–Kier alpha value is -1.34. The first-order valence-electron chi connectivity index (χ1n) is 8.67. The number of anilines is 1. The van der Waals surface area contributed by atoms with Crippen molar-refractivity contribution >= 4 is 41.5 Å². The molecule has 6 nitrogen and oxygen atoms in total. The van der Waals surface area contributed by atoms with Crippen molar-refractivity contribution in [2.45, 2.75) is 25.7 Å². The van der Waals surface area contributed by atoms with Crippen molar-refractivity contribution in [3.63, 3.8) is 0 Å². The molecule has 1 aliphatic rings. The van der Waals surface area contributed by atoms with Gasteiger partial charge in [0.15, 0.2) is 0 Å². The number of halogens is 2. The van der Waals surface area contributed by atoms with Crippen molar-refractivity contribution < 1.29 is 14.3 Å². The van der Waals surface area contributed by atoms with Crippen LogP contribution in [0.3, 0.4) is 0 Å². The van der Waals surface area contributed by atoms with Crippen LogP contribution in [0.15, 0.2) is 18.2 Å². The van der Waals surface area contributed by atoms with Crippen molar-refractivity contribution in [3.05, 3.63) is 28.8 Å². The number of ether oxygens (including phenoxy) is 1. The highest BCUT2D eigenvalue weighted by molar-refractivity contribution is 6.34. The first-order chi connectivity index (χ1) is 12.1. The predicted molar refractivity (Wildman–Crippen MR) is 106 cm³/mol. The van der Waals surface area contributed by atoms with Crippen LogP contribution < -0.4 is 16.0 Å². The molecule has 3 N–H and O–H groups in total. The van der Waals surface area contributed by atoms with Gasteiger partial charge in [-0.2, -0.15) is 0 Å². The summed E-state index contributed by atoms with van der Waals surface area (Å²) in [5.74, 6) is 0.339. The second-order valence-electron chi connectivity index (χ2n) is 6.22. The molecule has 0 bridgehead atoms. The minimum absolute atomic E-state index is 0. The highest BCUT2D eigenvalue weighted by atomic mass is 35.5. The van der Waals surface area contributed by atoms with Gasteiger partial charge in [-0.1, -0.05) is 11.6 Å². The summed E-state index contributed by atoms with van der Waals surface area (Å²) in [5, 5.41) is 9.20. The fourth-order valence-electron chi connectivity index (χ4n) is 2.87. The molecule has 2 amide bonds. The Labute approximate surface area is 165 Å². The van der Waals surface area contributed by atoms with Crippen LogP contribution in [0.1, 0.15) is 36.0 Å². The third kappa shape index (κ3) is 7.50. The van der Waals surface area contributed by atoms with Crippen LogP contribution in [0.4, 0.5) is 5.69 Å². The Kier molecular flexibility index (Phi) is 10.6. The van der Waals surface area contributed by atoms with E-state index in [0.717, 1.165) is 32.4 Å². The monoisotopic (exact) mass is 403 g/mol. The van der Waals surface area contributed by atoms with Crippen LogP contribution in [-0.2, 0) is 9.53 Å². The summed E-state index contributed by atoms with van der Waals surface area (Å²) in [6.07, 6.45) is 3.67. The van der Waals surface area contributed by atoms with Crippen molar-refractivity contribution in [1.29, 1.82) is 0 Å². The summed E-state index contributed by atoms with van der Waals surface area (Å²) in [6.45, 7) is 2.93. The van der Waals surface area contributed by atoms with Gasteiger partial charge in [-0.05, 0) is 56.5 Å². The Balaban J connectivity index is 0.00000338. The molecule has 2 rings (SSSR count). The molecular weight excluding hydrogens is 377 g/mol. The second-order valence-corrected chi connectivity index (χ2v) is 6.63. The van der Waals surface area contributed by atoms with E-state index in [9.17, 15) is 9.59 Å². The average molecular weight is 404 g/mol. The maximum atomic E-state index is 12.1. The highest BCUT2D eigenvalue weighted by Gasteiger charge is 2.15. The minimum atomic E-state index is -0.258. The van der Waals surface area contributed by atoms with Gasteiger partial charge in [-0.15, -0.1) is 12.4 Å². The highest BCUT2D eigenvalue weighted by Crippen LogP contribution is 2.22. The molecule has 1 fully saturated rings. The van der Waals surface area contributed by atoms with Gasteiger partial charge in [0, 0.05) is 25.8 Å². The number of nitrogens with one attached hydrogen (secondary N) is 3. The summed E-state index contributed by atoms with van der Waals surface area (Å²) >= 11 is 6.17. The van der Waals surface area contributed by atoms with Crippen molar-refractivity contribution in [2.24, 2.45) is 5.92 Å². The standard InChI is InChI=1S/C18H26ClN3O3.ClH/c1-25-11-10-21-18(24)15-4-3-14(12-16(15)19)22-17(23)5-2-13-6-8-20-9-7-13;/h3-4,12-13,20H,2,5-11H2,1H3,(H,21,24)(H,22,23);1H. The summed E-state index contributed by atoms with van der Waals surface area (Å²) in [5.41, 5.74) is 0.985. The van der Waals surface area contributed by atoms with E-state index >= 15 is 0 Å². The van der Waals surface area contributed by atoms with Gasteiger partial charge in [0.2, 0.25) is 5.91 Å². The number of carbonyl (C=O) groups excluding carboxylic acids is 2. The summed E-state index contributed by atoms with van der Waals surface area (Å²) < 4.78 is 4.89. The summed E-state index contributed by atoms with van der Waals surface area (Å²) in [6, 6.07) is 4.92. The van der Waals surface area contributed by atoms with E-state index in [1.54, 1.807) is 25.3 Å². The van der Waals surface area contributed by atoms with Gasteiger partial charge in [-0.3, -0.25) is 9.59 Å². The zero-order valence-electron chi connectivity index (χ0n) is 15.0. The van der Waals surface area contributed by atoms with Crippen LogP contribution in [0, 0.1) is 5.92 Å². The lowest BCUT2D eigenvalue weighted by atomic mass is 9.93. The maximum Gasteiger partial charge on any atom is 0.252 e. The van der Waals surface area contributed by atoms with E-state index in [4.69, 9.17) is 16.3 Å². The Morgan fingerprint density at radius 2 is 2.04 bits per heavy atom. The van der Waals surface area contributed by atoms with Crippen molar-refractivity contribution in [2.75, 3.05) is 38.7 Å². The quantitative estimate of drug-likeness (QED) is 0.583. The normalized spacial score (nSPS) is 14.4. The third-order valence-electron chi connectivity index (χ3n) is 4.33. The lowest BCUT2D eigenvalue weighted by Crippen LogP contribution is -2.28. The van der Waals surface area contributed by atoms with E-state index in [2.05, 4.69) is 16.0 Å². The Morgan fingerprint density at radius 3 is 2.69 bits per heavy atom. The van der Waals surface area contributed by atoms with Gasteiger partial charge in [0.05, 0.1) is 17.2 Å². The van der Waals surface area contributed by atoms with Crippen molar-refractivity contribution in [1.82, 2.24) is 10.6 Å². The number of amides is 2. The zero-order chi connectivity index (χ0) is 18.1. The molecule has 1 aliphatic heterocycles. The Bertz CT molecular complexity index is 593. The first kappa shape index (κ1) is 22.7. The fraction of sp³-hybridized carbons (Fsp3) is 0.556. The number of methoxy groups -OCH3 is 1. The lowest BCUT2D eigenvalue weighted by molar-refractivity contribution is -0.116. The van der Waals surface area contributed by atoms with E-state index in [1.165, 1.54) is 0 Å². The fourth-order valence-corrected chi connectivity index (χ4v) is 3.13. The molecule has 8 heteroatoms. The van der Waals surface area contributed by atoms with E-state index < -0.39 is 0 Å². The molecule has 0 saturated carbocycles. The molecule has 1 heterocycles. The molecule has 0 aromatic heterocycles. The number of hydrogen-bond acceptors (Lipinski definition) is 4. The number of hydrogen-bond donors (Lipinski definition) is 3. The molecule has 146 valence electrons. The molecule has 0 spiro atoms. The molecule has 1 aromatic carbocycles. The molecule has 0 aliphatic carbocycles. The molecule has 0 atom stereocenters. The van der Waals surface area contributed by atoms with Crippen molar-refractivity contribution in [3.8, 4) is 0 Å². The van der Waals surface area contributed by atoms with E-state index in [0.29, 0.717) is 41.8 Å². The number of benzene rings is 1. The second kappa shape index (κ2) is 12.1. The van der Waals surface area contributed by atoms with E-state index in [1.807, 2.05) is 0 Å². The van der Waals surface area contributed by atoms with Crippen LogP contribution in [0.25, 0.3) is 0 Å². The van der Waals surface area contributed by atoms with Crippen LogP contribution in [-0.4, -0.2) is 45.2 Å². The minimum Gasteiger partial charge on any atom is -0.383 e. The smallest absolute Gasteiger partial charge is 0.252 e. The third-order valence-corrected chi connectivity index (χ3v) is 4.64. The molecule has 0 radical (unpaired) electrons. The molecular formula is C18H27Cl2N3O3. The van der Waals surface area contributed by atoms with Gasteiger partial charge in [0.25, 0.3) is 5.91 Å². The summed E-state index contributed by atoms with van der Waals surface area (Å²) in [7, 11) is 1.57. The van der Waals surface area contributed by atoms with Crippen LogP contribution in [0.5, 0.6) is 0 Å². The first-order valence-corrected chi connectivity index (χ1v) is 9.05.